The molecule has 0 amide bonds. The Balaban J connectivity index is 1.72. The van der Waals surface area contributed by atoms with Crippen molar-refractivity contribution in [2.24, 2.45) is 11.8 Å². The normalized spacial score (nSPS) is 27.7. The van der Waals surface area contributed by atoms with Crippen LogP contribution < -0.4 is 5.32 Å². The first-order valence-corrected chi connectivity index (χ1v) is 7.71. The van der Waals surface area contributed by atoms with Crippen molar-refractivity contribution in [2.75, 3.05) is 19.8 Å². The lowest BCUT2D eigenvalue weighted by Crippen LogP contribution is -2.37. The third kappa shape index (κ3) is 4.26. The maximum Gasteiger partial charge on any atom is 0.0510 e. The third-order valence-electron chi connectivity index (χ3n) is 4.55. The van der Waals surface area contributed by atoms with Gasteiger partial charge < -0.3 is 10.1 Å². The lowest BCUT2D eigenvalue weighted by Gasteiger charge is -2.25. The zero-order valence-electron chi connectivity index (χ0n) is 11.4. The molecule has 0 aromatic rings. The van der Waals surface area contributed by atoms with Crippen LogP contribution in [0, 0.1) is 11.8 Å². The average molecular weight is 239 g/mol. The first kappa shape index (κ1) is 13.4. The molecule has 0 aromatic carbocycles. The van der Waals surface area contributed by atoms with Crippen LogP contribution in [0.2, 0.25) is 0 Å². The molecule has 1 aliphatic heterocycles. The molecule has 0 spiro atoms. The van der Waals surface area contributed by atoms with Gasteiger partial charge >= 0.3 is 0 Å². The van der Waals surface area contributed by atoms with E-state index in [9.17, 15) is 0 Å². The minimum atomic E-state index is 0.720. The van der Waals surface area contributed by atoms with E-state index in [1.807, 2.05) is 0 Å². The monoisotopic (exact) mass is 239 g/mol. The van der Waals surface area contributed by atoms with E-state index in [0.29, 0.717) is 0 Å². The molecule has 2 unspecified atom stereocenters. The Morgan fingerprint density at radius 2 is 2.06 bits per heavy atom. The van der Waals surface area contributed by atoms with E-state index < -0.39 is 0 Å². The molecule has 2 fully saturated rings. The van der Waals surface area contributed by atoms with Gasteiger partial charge in [-0.2, -0.15) is 0 Å². The minimum absolute atomic E-state index is 0.720. The molecule has 1 saturated heterocycles. The molecule has 1 aliphatic carbocycles. The third-order valence-corrected chi connectivity index (χ3v) is 4.55. The Bertz CT molecular complexity index is 195. The average Bonchev–Trinajstić information content (AvgIpc) is 3.01. The Hall–Kier alpha value is -0.0800. The fourth-order valence-corrected chi connectivity index (χ4v) is 3.42. The molecular formula is C15H29NO. The highest BCUT2D eigenvalue weighted by Gasteiger charge is 2.26. The predicted molar refractivity (Wildman–Crippen MR) is 72.2 cm³/mol. The molecule has 2 heteroatoms. The summed E-state index contributed by atoms with van der Waals surface area (Å²) in [7, 11) is 0. The second-order valence-electron chi connectivity index (χ2n) is 5.91. The standard InChI is InChI=1S/C15H29NO/c1-2-10-16-15(14-9-11-17-12-14)8-7-13-5-3-4-6-13/h13-16H,2-12H2,1H3. The molecule has 2 nitrogen and oxygen atoms in total. The summed E-state index contributed by atoms with van der Waals surface area (Å²) in [5, 5.41) is 3.76. The summed E-state index contributed by atoms with van der Waals surface area (Å²) in [6.07, 6.45) is 11.3. The van der Waals surface area contributed by atoms with Crippen LogP contribution >= 0.6 is 0 Å². The van der Waals surface area contributed by atoms with Gasteiger partial charge in [-0.1, -0.05) is 32.6 Å². The predicted octanol–water partition coefficient (Wildman–Crippen LogP) is 3.36. The van der Waals surface area contributed by atoms with Crippen molar-refractivity contribution >= 4 is 0 Å². The molecule has 17 heavy (non-hydrogen) atoms. The minimum Gasteiger partial charge on any atom is -0.381 e. The van der Waals surface area contributed by atoms with Crippen molar-refractivity contribution in [1.82, 2.24) is 5.32 Å². The summed E-state index contributed by atoms with van der Waals surface area (Å²) in [4.78, 5) is 0. The molecule has 2 rings (SSSR count). The quantitative estimate of drug-likeness (QED) is 0.735. The van der Waals surface area contributed by atoms with Crippen molar-refractivity contribution < 1.29 is 4.74 Å². The van der Waals surface area contributed by atoms with E-state index >= 15 is 0 Å². The van der Waals surface area contributed by atoms with Crippen LogP contribution in [-0.2, 0) is 4.74 Å². The summed E-state index contributed by atoms with van der Waals surface area (Å²) < 4.78 is 5.55. The SMILES string of the molecule is CCCNC(CCC1CCCC1)C1CCOC1. The van der Waals surface area contributed by atoms with Crippen LogP contribution in [-0.4, -0.2) is 25.8 Å². The van der Waals surface area contributed by atoms with Gasteiger partial charge in [0.1, 0.15) is 0 Å². The summed E-state index contributed by atoms with van der Waals surface area (Å²) >= 11 is 0. The zero-order valence-corrected chi connectivity index (χ0v) is 11.4. The van der Waals surface area contributed by atoms with E-state index in [1.165, 1.54) is 57.9 Å². The van der Waals surface area contributed by atoms with Crippen LogP contribution in [0.5, 0.6) is 0 Å². The van der Waals surface area contributed by atoms with Crippen LogP contribution in [0.4, 0.5) is 0 Å². The molecule has 0 radical (unpaired) electrons. The fraction of sp³-hybridized carbons (Fsp3) is 1.00. The van der Waals surface area contributed by atoms with Gasteiger partial charge in [0.2, 0.25) is 0 Å². The van der Waals surface area contributed by atoms with Gasteiger partial charge in [-0.3, -0.25) is 0 Å². The second kappa shape index (κ2) is 7.38. The molecule has 1 N–H and O–H groups in total. The van der Waals surface area contributed by atoms with Crippen molar-refractivity contribution in [2.45, 2.75) is 64.3 Å². The van der Waals surface area contributed by atoms with Gasteiger partial charge in [-0.15, -0.1) is 0 Å². The summed E-state index contributed by atoms with van der Waals surface area (Å²) in [6.45, 7) is 5.41. The van der Waals surface area contributed by atoms with Crippen molar-refractivity contribution in [3.8, 4) is 0 Å². The highest BCUT2D eigenvalue weighted by atomic mass is 16.5. The molecule has 2 atom stereocenters. The smallest absolute Gasteiger partial charge is 0.0510 e. The maximum absolute atomic E-state index is 5.55. The van der Waals surface area contributed by atoms with Gasteiger partial charge in [0.05, 0.1) is 6.61 Å². The molecule has 100 valence electrons. The Morgan fingerprint density at radius 3 is 2.71 bits per heavy atom. The Kier molecular flexibility index (Phi) is 5.79. The Morgan fingerprint density at radius 1 is 1.24 bits per heavy atom. The van der Waals surface area contributed by atoms with Gasteiger partial charge in [-0.25, -0.2) is 0 Å². The summed E-state index contributed by atoms with van der Waals surface area (Å²) in [5.74, 6) is 1.81. The molecular weight excluding hydrogens is 210 g/mol. The number of hydrogen-bond acceptors (Lipinski definition) is 2. The van der Waals surface area contributed by atoms with Crippen molar-refractivity contribution in [3.63, 3.8) is 0 Å². The molecule has 0 bridgehead atoms. The van der Waals surface area contributed by atoms with Crippen molar-refractivity contribution in [3.05, 3.63) is 0 Å². The number of hydrogen-bond donors (Lipinski definition) is 1. The van der Waals surface area contributed by atoms with Gasteiger partial charge in [0.25, 0.3) is 0 Å². The summed E-state index contributed by atoms with van der Waals surface area (Å²) in [5.41, 5.74) is 0. The van der Waals surface area contributed by atoms with E-state index in [4.69, 9.17) is 4.74 Å². The topological polar surface area (TPSA) is 21.3 Å². The lowest BCUT2D eigenvalue weighted by molar-refractivity contribution is 0.173. The fourth-order valence-electron chi connectivity index (χ4n) is 3.42. The van der Waals surface area contributed by atoms with E-state index in [-0.39, 0.29) is 0 Å². The van der Waals surface area contributed by atoms with Crippen LogP contribution in [0.25, 0.3) is 0 Å². The first-order valence-electron chi connectivity index (χ1n) is 7.71. The van der Waals surface area contributed by atoms with Gasteiger partial charge in [-0.05, 0) is 44.1 Å². The Labute approximate surface area is 107 Å². The van der Waals surface area contributed by atoms with Crippen LogP contribution in [0.15, 0.2) is 0 Å². The van der Waals surface area contributed by atoms with Crippen LogP contribution in [0.3, 0.4) is 0 Å². The zero-order chi connectivity index (χ0) is 11.9. The molecule has 1 heterocycles. The van der Waals surface area contributed by atoms with E-state index in [1.54, 1.807) is 0 Å². The van der Waals surface area contributed by atoms with Crippen molar-refractivity contribution in [1.29, 1.82) is 0 Å². The van der Waals surface area contributed by atoms with Gasteiger partial charge in [0.15, 0.2) is 0 Å². The second-order valence-corrected chi connectivity index (χ2v) is 5.91. The number of rotatable bonds is 7. The number of nitrogens with one attached hydrogen (secondary N) is 1. The molecule has 0 aromatic heterocycles. The first-order chi connectivity index (χ1) is 8.40. The number of ether oxygens (including phenoxy) is 1. The highest BCUT2D eigenvalue weighted by Crippen LogP contribution is 2.30. The lowest BCUT2D eigenvalue weighted by atomic mass is 9.90. The molecule has 1 saturated carbocycles. The van der Waals surface area contributed by atoms with E-state index in [2.05, 4.69) is 12.2 Å². The van der Waals surface area contributed by atoms with Crippen LogP contribution in [0.1, 0.15) is 58.3 Å². The highest BCUT2D eigenvalue weighted by molar-refractivity contribution is 4.81. The molecule has 2 aliphatic rings. The van der Waals surface area contributed by atoms with E-state index in [0.717, 1.165) is 31.1 Å². The largest absolute Gasteiger partial charge is 0.381 e. The summed E-state index contributed by atoms with van der Waals surface area (Å²) in [6, 6.07) is 0.720. The van der Waals surface area contributed by atoms with Gasteiger partial charge in [0, 0.05) is 12.6 Å². The maximum atomic E-state index is 5.55.